The number of nitrogens with one attached hydrogen (secondary N) is 2. The Bertz CT molecular complexity index is 327. The predicted molar refractivity (Wildman–Crippen MR) is 56.5 cm³/mol. The molecule has 1 amide bonds. The summed E-state index contributed by atoms with van der Waals surface area (Å²) in [5.41, 5.74) is 1.89. The Balaban J connectivity index is 2.61. The van der Waals surface area contributed by atoms with Gasteiger partial charge in [0, 0.05) is 18.7 Å². The first-order valence-corrected chi connectivity index (χ1v) is 4.93. The Hall–Kier alpha value is -1.36. The first-order valence-electron chi connectivity index (χ1n) is 4.93. The van der Waals surface area contributed by atoms with Crippen molar-refractivity contribution in [3.8, 4) is 0 Å². The van der Waals surface area contributed by atoms with Gasteiger partial charge in [-0.25, -0.2) is 0 Å². The van der Waals surface area contributed by atoms with Crippen molar-refractivity contribution in [1.29, 1.82) is 0 Å². The molecule has 1 aromatic heterocycles. The summed E-state index contributed by atoms with van der Waals surface area (Å²) in [7, 11) is 1.62. The number of aryl methyl sites for hydroxylation is 2. The normalized spacial score (nSPS) is 12.5. The van der Waals surface area contributed by atoms with Gasteiger partial charge in [0.05, 0.1) is 12.2 Å². The summed E-state index contributed by atoms with van der Waals surface area (Å²) in [6, 6.07) is 0.0635. The van der Waals surface area contributed by atoms with Crippen molar-refractivity contribution in [2.75, 3.05) is 13.6 Å². The zero-order chi connectivity index (χ0) is 11.4. The van der Waals surface area contributed by atoms with Crippen LogP contribution in [0, 0.1) is 13.8 Å². The van der Waals surface area contributed by atoms with E-state index in [1.165, 1.54) is 0 Å². The van der Waals surface area contributed by atoms with Gasteiger partial charge >= 0.3 is 0 Å². The van der Waals surface area contributed by atoms with Crippen LogP contribution >= 0.6 is 0 Å². The van der Waals surface area contributed by atoms with E-state index in [0.717, 1.165) is 17.0 Å². The van der Waals surface area contributed by atoms with Crippen LogP contribution in [0.15, 0.2) is 4.52 Å². The van der Waals surface area contributed by atoms with Gasteiger partial charge in [0.2, 0.25) is 5.91 Å². The molecule has 0 saturated carbocycles. The number of nitrogens with zero attached hydrogens (tertiary/aromatic N) is 1. The maximum absolute atomic E-state index is 11.0. The van der Waals surface area contributed by atoms with Crippen LogP contribution in [0.2, 0.25) is 0 Å². The van der Waals surface area contributed by atoms with Crippen LogP contribution in [-0.4, -0.2) is 24.7 Å². The summed E-state index contributed by atoms with van der Waals surface area (Å²) in [4.78, 5) is 11.0. The second-order valence-corrected chi connectivity index (χ2v) is 3.51. The molecule has 1 rings (SSSR count). The smallest absolute Gasteiger partial charge is 0.233 e. The quantitative estimate of drug-likeness (QED) is 0.769. The number of aromatic nitrogens is 1. The molecule has 0 aliphatic carbocycles. The molecule has 0 spiro atoms. The molecule has 2 N–H and O–H groups in total. The monoisotopic (exact) mass is 211 g/mol. The molecule has 0 bridgehead atoms. The highest BCUT2D eigenvalue weighted by atomic mass is 16.5. The minimum absolute atomic E-state index is 0.0337. The molecule has 1 atom stereocenters. The second kappa shape index (κ2) is 4.93. The van der Waals surface area contributed by atoms with E-state index in [9.17, 15) is 4.79 Å². The van der Waals surface area contributed by atoms with Gasteiger partial charge in [-0.3, -0.25) is 4.79 Å². The lowest BCUT2D eigenvalue weighted by atomic mass is 10.1. The van der Waals surface area contributed by atoms with Gasteiger partial charge in [0.1, 0.15) is 5.76 Å². The average molecular weight is 211 g/mol. The zero-order valence-corrected chi connectivity index (χ0v) is 9.55. The summed E-state index contributed by atoms with van der Waals surface area (Å²) >= 11 is 0. The molecule has 5 heteroatoms. The van der Waals surface area contributed by atoms with Crippen molar-refractivity contribution in [3.05, 3.63) is 17.0 Å². The number of carbonyl (C=O) groups is 1. The van der Waals surface area contributed by atoms with Gasteiger partial charge < -0.3 is 15.2 Å². The van der Waals surface area contributed by atoms with Crippen molar-refractivity contribution in [1.82, 2.24) is 15.8 Å². The molecule has 1 aromatic rings. The molecule has 1 heterocycles. The summed E-state index contributed by atoms with van der Waals surface area (Å²) < 4.78 is 5.06. The zero-order valence-electron chi connectivity index (χ0n) is 9.55. The Labute approximate surface area is 89.2 Å². The first-order chi connectivity index (χ1) is 7.06. The minimum atomic E-state index is -0.0337. The van der Waals surface area contributed by atoms with E-state index >= 15 is 0 Å². The minimum Gasteiger partial charge on any atom is -0.361 e. The van der Waals surface area contributed by atoms with Crippen LogP contribution in [0.25, 0.3) is 0 Å². The fraction of sp³-hybridized carbons (Fsp3) is 0.600. The maximum Gasteiger partial charge on any atom is 0.233 e. The molecular formula is C10H17N3O2. The lowest BCUT2D eigenvalue weighted by molar-refractivity contribution is -0.119. The van der Waals surface area contributed by atoms with E-state index in [4.69, 9.17) is 4.52 Å². The van der Waals surface area contributed by atoms with E-state index in [2.05, 4.69) is 15.8 Å². The number of likely N-dealkylation sites (N-methyl/N-ethyl adjacent to an activating group) is 1. The molecule has 15 heavy (non-hydrogen) atoms. The summed E-state index contributed by atoms with van der Waals surface area (Å²) in [6.07, 6.45) is 0. The molecule has 84 valence electrons. The van der Waals surface area contributed by atoms with E-state index in [-0.39, 0.29) is 11.9 Å². The summed E-state index contributed by atoms with van der Waals surface area (Å²) in [6.45, 7) is 6.04. The maximum atomic E-state index is 11.0. The van der Waals surface area contributed by atoms with Gasteiger partial charge in [-0.2, -0.15) is 0 Å². The van der Waals surface area contributed by atoms with Crippen LogP contribution in [0.3, 0.4) is 0 Å². The van der Waals surface area contributed by atoms with Crippen LogP contribution in [0.5, 0.6) is 0 Å². The topological polar surface area (TPSA) is 67.2 Å². The molecule has 1 unspecified atom stereocenters. The highest BCUT2D eigenvalue weighted by Gasteiger charge is 2.16. The largest absolute Gasteiger partial charge is 0.361 e. The molecule has 5 nitrogen and oxygen atoms in total. The Morgan fingerprint density at radius 3 is 2.67 bits per heavy atom. The fourth-order valence-corrected chi connectivity index (χ4v) is 1.54. The van der Waals surface area contributed by atoms with Crippen LogP contribution in [0.4, 0.5) is 0 Å². The van der Waals surface area contributed by atoms with Gasteiger partial charge in [-0.15, -0.1) is 0 Å². The van der Waals surface area contributed by atoms with E-state index in [1.807, 2.05) is 20.8 Å². The molecule has 0 aromatic carbocycles. The van der Waals surface area contributed by atoms with E-state index < -0.39 is 0 Å². The third-order valence-electron chi connectivity index (χ3n) is 2.37. The van der Waals surface area contributed by atoms with Crippen LogP contribution < -0.4 is 10.6 Å². The van der Waals surface area contributed by atoms with Crippen LogP contribution in [0.1, 0.15) is 30.0 Å². The second-order valence-electron chi connectivity index (χ2n) is 3.51. The third kappa shape index (κ3) is 2.79. The number of carbonyl (C=O) groups excluding carboxylic acids is 1. The first kappa shape index (κ1) is 11.7. The third-order valence-corrected chi connectivity index (χ3v) is 2.37. The number of hydrogen-bond donors (Lipinski definition) is 2. The lowest BCUT2D eigenvalue weighted by Crippen LogP contribution is -2.33. The molecule has 0 aliphatic rings. The predicted octanol–water partition coefficient (Wildman–Crippen LogP) is 0.688. The molecule has 0 aliphatic heterocycles. The summed E-state index contributed by atoms with van der Waals surface area (Å²) in [5, 5.41) is 9.53. The van der Waals surface area contributed by atoms with Gasteiger partial charge in [0.25, 0.3) is 0 Å². The van der Waals surface area contributed by atoms with Crippen molar-refractivity contribution in [2.45, 2.75) is 26.8 Å². The highest BCUT2D eigenvalue weighted by Crippen LogP contribution is 2.20. The highest BCUT2D eigenvalue weighted by molar-refractivity contribution is 5.77. The van der Waals surface area contributed by atoms with E-state index in [1.54, 1.807) is 7.05 Å². The molecular weight excluding hydrogens is 194 g/mol. The summed E-state index contributed by atoms with van der Waals surface area (Å²) in [5.74, 6) is 0.762. The van der Waals surface area contributed by atoms with Crippen LogP contribution in [-0.2, 0) is 4.79 Å². The number of amides is 1. The average Bonchev–Trinajstić information content (AvgIpc) is 2.54. The van der Waals surface area contributed by atoms with Crippen molar-refractivity contribution in [2.24, 2.45) is 0 Å². The number of rotatable bonds is 4. The Kier molecular flexibility index (Phi) is 3.85. The van der Waals surface area contributed by atoms with Gasteiger partial charge in [0.15, 0.2) is 0 Å². The Morgan fingerprint density at radius 2 is 2.20 bits per heavy atom. The van der Waals surface area contributed by atoms with Crippen molar-refractivity contribution in [3.63, 3.8) is 0 Å². The van der Waals surface area contributed by atoms with Crippen molar-refractivity contribution >= 4 is 5.91 Å². The standard InChI is InChI=1S/C10H17N3O2/c1-6(12-5-9(14)11-4)10-7(2)13-15-8(10)3/h6,12H,5H2,1-4H3,(H,11,14). The van der Waals surface area contributed by atoms with Gasteiger partial charge in [-0.05, 0) is 20.8 Å². The molecule has 0 fully saturated rings. The lowest BCUT2D eigenvalue weighted by Gasteiger charge is -2.12. The van der Waals surface area contributed by atoms with Gasteiger partial charge in [-0.1, -0.05) is 5.16 Å². The SMILES string of the molecule is CNC(=O)CNC(C)c1c(C)noc1C. The van der Waals surface area contributed by atoms with Crippen molar-refractivity contribution < 1.29 is 9.32 Å². The Morgan fingerprint density at radius 1 is 1.53 bits per heavy atom. The molecule has 0 saturated heterocycles. The molecule has 0 radical (unpaired) electrons. The fourth-order valence-electron chi connectivity index (χ4n) is 1.54. The van der Waals surface area contributed by atoms with E-state index in [0.29, 0.717) is 6.54 Å². The number of hydrogen-bond acceptors (Lipinski definition) is 4.